The van der Waals surface area contributed by atoms with Crippen molar-refractivity contribution in [3.63, 3.8) is 0 Å². The molecule has 0 bridgehead atoms. The molecule has 0 heterocycles. The minimum atomic E-state index is -0.411. The maximum atomic E-state index is 11.5. The van der Waals surface area contributed by atoms with Crippen LogP contribution in [0.4, 0.5) is 0 Å². The number of terminal acetylenes is 1. The summed E-state index contributed by atoms with van der Waals surface area (Å²) < 4.78 is 9.72. The molecular weight excluding hydrogens is 246 g/mol. The van der Waals surface area contributed by atoms with Gasteiger partial charge in [-0.05, 0) is 19.3 Å². The van der Waals surface area contributed by atoms with Gasteiger partial charge in [-0.2, -0.15) is 5.26 Å². The zero-order valence-electron chi connectivity index (χ0n) is 11.2. The molecule has 19 heavy (non-hydrogen) atoms. The van der Waals surface area contributed by atoms with Gasteiger partial charge in [-0.15, -0.1) is 6.42 Å². The second kappa shape index (κ2) is 11.1. The molecule has 0 saturated carbocycles. The first-order valence-electron chi connectivity index (χ1n) is 6.24. The van der Waals surface area contributed by atoms with E-state index in [9.17, 15) is 9.59 Å². The maximum absolute atomic E-state index is 11.5. The van der Waals surface area contributed by atoms with Crippen LogP contribution in [0.1, 0.15) is 39.0 Å². The first-order chi connectivity index (χ1) is 9.11. The molecule has 0 saturated heterocycles. The maximum Gasteiger partial charge on any atom is 0.308 e. The molecule has 5 nitrogen and oxygen atoms in total. The minimum absolute atomic E-state index is 0.0451. The molecule has 0 spiro atoms. The Morgan fingerprint density at radius 1 is 1.32 bits per heavy atom. The van der Waals surface area contributed by atoms with E-state index in [1.807, 2.05) is 6.07 Å². The van der Waals surface area contributed by atoms with E-state index >= 15 is 0 Å². The third-order valence-electron chi connectivity index (χ3n) is 2.43. The smallest absolute Gasteiger partial charge is 0.308 e. The summed E-state index contributed by atoms with van der Waals surface area (Å²) in [6.45, 7) is 1.97. The number of hydrogen-bond donors (Lipinski definition) is 0. The Kier molecular flexibility index (Phi) is 9.93. The zero-order valence-corrected chi connectivity index (χ0v) is 11.2. The topological polar surface area (TPSA) is 76.4 Å². The monoisotopic (exact) mass is 265 g/mol. The highest BCUT2D eigenvalue weighted by molar-refractivity contribution is 5.74. The number of carbonyl (C=O) groups is 2. The van der Waals surface area contributed by atoms with Gasteiger partial charge in [0.2, 0.25) is 0 Å². The van der Waals surface area contributed by atoms with Gasteiger partial charge in [0.15, 0.2) is 6.61 Å². The third kappa shape index (κ3) is 9.67. The Morgan fingerprint density at radius 3 is 2.68 bits per heavy atom. The van der Waals surface area contributed by atoms with Gasteiger partial charge < -0.3 is 9.47 Å². The molecule has 0 aliphatic rings. The van der Waals surface area contributed by atoms with Crippen LogP contribution >= 0.6 is 0 Å². The van der Waals surface area contributed by atoms with Crippen LogP contribution in [0, 0.1) is 29.6 Å². The summed E-state index contributed by atoms with van der Waals surface area (Å²) in [5.74, 6) is 1.10. The molecular formula is C14H19NO4. The number of nitrogens with zero attached hydrogens (tertiary/aromatic N) is 1. The molecule has 0 aliphatic heterocycles. The average molecular weight is 265 g/mol. The highest BCUT2D eigenvalue weighted by Gasteiger charge is 2.16. The van der Waals surface area contributed by atoms with Gasteiger partial charge in [-0.25, -0.2) is 0 Å². The van der Waals surface area contributed by atoms with Crippen molar-refractivity contribution in [2.45, 2.75) is 39.0 Å². The van der Waals surface area contributed by atoms with E-state index in [2.05, 4.69) is 10.7 Å². The second-order valence-corrected chi connectivity index (χ2v) is 4.09. The van der Waals surface area contributed by atoms with Crippen LogP contribution < -0.4 is 0 Å². The van der Waals surface area contributed by atoms with E-state index in [-0.39, 0.29) is 24.9 Å². The van der Waals surface area contributed by atoms with Crippen molar-refractivity contribution in [3.05, 3.63) is 0 Å². The molecule has 0 aromatic rings. The molecule has 0 fully saturated rings. The Balaban J connectivity index is 3.68. The molecule has 5 heteroatoms. The first kappa shape index (κ1) is 17.0. The third-order valence-corrected chi connectivity index (χ3v) is 2.43. The lowest BCUT2D eigenvalue weighted by molar-refractivity contribution is -0.149. The number of hydrogen-bond acceptors (Lipinski definition) is 5. The molecule has 0 amide bonds. The predicted octanol–water partition coefficient (Wildman–Crippen LogP) is 1.82. The first-order valence-corrected chi connectivity index (χ1v) is 6.24. The lowest BCUT2D eigenvalue weighted by Crippen LogP contribution is -2.17. The second-order valence-electron chi connectivity index (χ2n) is 4.09. The summed E-state index contributed by atoms with van der Waals surface area (Å²) in [4.78, 5) is 22.7. The van der Waals surface area contributed by atoms with Crippen LogP contribution in [-0.2, 0) is 19.1 Å². The molecule has 1 unspecified atom stereocenters. The molecule has 0 rings (SSSR count). The Morgan fingerprint density at radius 2 is 2.05 bits per heavy atom. The fourth-order valence-corrected chi connectivity index (χ4v) is 1.27. The zero-order chi connectivity index (χ0) is 14.5. The summed E-state index contributed by atoms with van der Waals surface area (Å²) in [5, 5.41) is 8.33. The SMILES string of the molecule is C#CCOC(=O)CCC(C)C(=O)OCCCCC#N. The van der Waals surface area contributed by atoms with E-state index in [1.165, 1.54) is 0 Å². The van der Waals surface area contributed by atoms with Crippen molar-refractivity contribution in [1.29, 1.82) is 5.26 Å². The van der Waals surface area contributed by atoms with Gasteiger partial charge in [-0.1, -0.05) is 12.8 Å². The van der Waals surface area contributed by atoms with Crippen LogP contribution in [0.2, 0.25) is 0 Å². The Labute approximate surface area is 113 Å². The summed E-state index contributed by atoms with van der Waals surface area (Å²) >= 11 is 0. The fraction of sp³-hybridized carbons (Fsp3) is 0.643. The summed E-state index contributed by atoms with van der Waals surface area (Å²) in [7, 11) is 0. The van der Waals surface area contributed by atoms with Crippen molar-refractivity contribution in [3.8, 4) is 18.4 Å². The van der Waals surface area contributed by atoms with Crippen molar-refractivity contribution in [2.75, 3.05) is 13.2 Å². The molecule has 0 aliphatic carbocycles. The van der Waals surface area contributed by atoms with E-state index in [1.54, 1.807) is 6.92 Å². The number of rotatable bonds is 9. The van der Waals surface area contributed by atoms with Gasteiger partial charge in [0.1, 0.15) is 0 Å². The van der Waals surface area contributed by atoms with Gasteiger partial charge in [0.25, 0.3) is 0 Å². The van der Waals surface area contributed by atoms with Crippen LogP contribution in [0.25, 0.3) is 0 Å². The number of ether oxygens (including phenoxy) is 2. The van der Waals surface area contributed by atoms with E-state index < -0.39 is 5.97 Å². The summed E-state index contributed by atoms with van der Waals surface area (Å²) in [5.41, 5.74) is 0. The van der Waals surface area contributed by atoms with Gasteiger partial charge in [0, 0.05) is 12.8 Å². The van der Waals surface area contributed by atoms with Crippen molar-refractivity contribution in [2.24, 2.45) is 5.92 Å². The standard InChI is InChI=1S/C14H19NO4/c1-3-10-18-13(16)8-7-12(2)14(17)19-11-6-4-5-9-15/h1,12H,4-8,10-11H2,2H3. The van der Waals surface area contributed by atoms with Gasteiger partial charge in [-0.3, -0.25) is 9.59 Å². The number of unbranched alkanes of at least 4 members (excludes halogenated alkanes) is 2. The van der Waals surface area contributed by atoms with Crippen LogP contribution in [0.15, 0.2) is 0 Å². The quantitative estimate of drug-likeness (QED) is 0.361. The van der Waals surface area contributed by atoms with Crippen LogP contribution in [-0.4, -0.2) is 25.2 Å². The van der Waals surface area contributed by atoms with Crippen molar-refractivity contribution in [1.82, 2.24) is 0 Å². The Hall–Kier alpha value is -2.01. The van der Waals surface area contributed by atoms with Crippen LogP contribution in [0.5, 0.6) is 0 Å². The van der Waals surface area contributed by atoms with Gasteiger partial charge in [0.05, 0.1) is 18.6 Å². The van der Waals surface area contributed by atoms with E-state index in [0.717, 1.165) is 6.42 Å². The minimum Gasteiger partial charge on any atom is -0.465 e. The van der Waals surface area contributed by atoms with Gasteiger partial charge >= 0.3 is 11.9 Å². The lowest BCUT2D eigenvalue weighted by atomic mass is 10.1. The molecule has 0 aromatic heterocycles. The fourth-order valence-electron chi connectivity index (χ4n) is 1.27. The number of nitriles is 1. The molecule has 0 radical (unpaired) electrons. The highest BCUT2D eigenvalue weighted by Crippen LogP contribution is 2.09. The van der Waals surface area contributed by atoms with Crippen LogP contribution in [0.3, 0.4) is 0 Å². The molecule has 0 N–H and O–H groups in total. The normalized spacial score (nSPS) is 10.9. The number of carbonyl (C=O) groups excluding carboxylic acids is 2. The Bertz CT molecular complexity index is 365. The predicted molar refractivity (Wildman–Crippen MR) is 68.6 cm³/mol. The molecule has 104 valence electrons. The lowest BCUT2D eigenvalue weighted by Gasteiger charge is -2.10. The van der Waals surface area contributed by atoms with Crippen molar-refractivity contribution >= 4 is 11.9 Å². The largest absolute Gasteiger partial charge is 0.465 e. The van der Waals surface area contributed by atoms with E-state index in [0.29, 0.717) is 25.9 Å². The average Bonchev–Trinajstić information content (AvgIpc) is 2.41. The molecule has 1 atom stereocenters. The van der Waals surface area contributed by atoms with E-state index in [4.69, 9.17) is 16.4 Å². The highest BCUT2D eigenvalue weighted by atomic mass is 16.5. The summed E-state index contributed by atoms with van der Waals surface area (Å²) in [6.07, 6.45) is 7.33. The van der Waals surface area contributed by atoms with Crippen molar-refractivity contribution < 1.29 is 19.1 Å². The summed E-state index contributed by atoms with van der Waals surface area (Å²) in [6, 6.07) is 2.02. The number of esters is 2. The molecule has 0 aromatic carbocycles.